The second-order valence-corrected chi connectivity index (χ2v) is 12.6. The molecule has 0 spiro atoms. The zero-order chi connectivity index (χ0) is 33.2. The van der Waals surface area contributed by atoms with Gasteiger partial charge in [0.25, 0.3) is 5.56 Å². The molecule has 0 bridgehead atoms. The average molecular weight is 652 g/mol. The summed E-state index contributed by atoms with van der Waals surface area (Å²) in [6.45, 7) is 7.50. The Bertz CT molecular complexity index is 1840. The molecule has 12 nitrogen and oxygen atoms in total. The number of H-pyrrole nitrogens is 1. The Hall–Kier alpha value is -4.94. The Morgan fingerprint density at radius 3 is 2.19 bits per heavy atom. The average Bonchev–Trinajstić information content (AvgIpc) is 3.12. The minimum absolute atomic E-state index is 0.219. The number of ether oxygens (including phenoxy) is 2. The van der Waals surface area contributed by atoms with Crippen molar-refractivity contribution in [3.05, 3.63) is 76.6 Å². The van der Waals surface area contributed by atoms with Gasteiger partial charge in [0.2, 0.25) is 5.91 Å². The molecule has 0 saturated carbocycles. The van der Waals surface area contributed by atoms with Gasteiger partial charge >= 0.3 is 6.03 Å². The van der Waals surface area contributed by atoms with Crippen LogP contribution in [0, 0.1) is 0 Å². The topological polar surface area (TPSA) is 123 Å². The highest BCUT2D eigenvalue weighted by Gasteiger charge is 2.28. The fourth-order valence-electron chi connectivity index (χ4n) is 7.08. The van der Waals surface area contributed by atoms with Gasteiger partial charge in [-0.1, -0.05) is 12.1 Å². The lowest BCUT2D eigenvalue weighted by atomic mass is 10.0. The lowest BCUT2D eigenvalue weighted by Crippen LogP contribution is -2.53. The molecule has 3 aliphatic rings. The first-order valence-electron chi connectivity index (χ1n) is 16.6. The third kappa shape index (κ3) is 6.58. The van der Waals surface area contributed by atoms with Crippen LogP contribution in [-0.2, 0) is 11.3 Å². The molecule has 0 unspecified atom stereocenters. The molecular formula is C36H41N7O5. The SMILES string of the molecule is COc1cc(OC)c2c(=O)[nH]c(-c3ccc(N4CCC(N5CCN(Cc6ccc(N7CCC(=O)NC7=O)cc6)CC5)CC4)cc3)nc2c1. The van der Waals surface area contributed by atoms with Crippen LogP contribution >= 0.6 is 0 Å². The van der Waals surface area contributed by atoms with Crippen molar-refractivity contribution < 1.29 is 19.1 Å². The van der Waals surface area contributed by atoms with Crippen molar-refractivity contribution in [3.63, 3.8) is 0 Å². The predicted molar refractivity (Wildman–Crippen MR) is 185 cm³/mol. The van der Waals surface area contributed by atoms with Crippen LogP contribution in [0.25, 0.3) is 22.3 Å². The molecule has 3 amide bonds. The van der Waals surface area contributed by atoms with Gasteiger partial charge in [-0.2, -0.15) is 0 Å². The summed E-state index contributed by atoms with van der Waals surface area (Å²) in [5.74, 6) is 1.30. The van der Waals surface area contributed by atoms with Gasteiger partial charge in [0.15, 0.2) is 0 Å². The highest BCUT2D eigenvalue weighted by molar-refractivity contribution is 6.05. The molecule has 3 aromatic carbocycles. The monoisotopic (exact) mass is 651 g/mol. The summed E-state index contributed by atoms with van der Waals surface area (Å²) in [7, 11) is 3.10. The van der Waals surface area contributed by atoms with Crippen LogP contribution < -0.4 is 30.1 Å². The molecule has 3 fully saturated rings. The van der Waals surface area contributed by atoms with E-state index in [1.165, 1.54) is 18.4 Å². The molecule has 2 N–H and O–H groups in total. The molecule has 4 aromatic rings. The van der Waals surface area contributed by atoms with Crippen LogP contribution in [0.5, 0.6) is 11.5 Å². The molecule has 3 saturated heterocycles. The molecule has 0 aliphatic carbocycles. The van der Waals surface area contributed by atoms with E-state index in [2.05, 4.69) is 49.3 Å². The molecule has 7 rings (SSSR count). The second-order valence-electron chi connectivity index (χ2n) is 12.6. The third-order valence-electron chi connectivity index (χ3n) is 9.80. The summed E-state index contributed by atoms with van der Waals surface area (Å²) < 4.78 is 10.8. The number of carbonyl (C=O) groups is 2. The zero-order valence-electron chi connectivity index (χ0n) is 27.4. The van der Waals surface area contributed by atoms with E-state index in [1.807, 2.05) is 24.3 Å². The smallest absolute Gasteiger partial charge is 0.328 e. The number of nitrogens with one attached hydrogen (secondary N) is 2. The molecule has 3 aliphatic heterocycles. The number of methoxy groups -OCH3 is 2. The number of carbonyl (C=O) groups excluding carboxylic acids is 2. The van der Waals surface area contributed by atoms with Crippen LogP contribution in [0.1, 0.15) is 24.8 Å². The van der Waals surface area contributed by atoms with E-state index >= 15 is 0 Å². The summed E-state index contributed by atoms with van der Waals surface area (Å²) in [5.41, 5.74) is 4.33. The molecule has 48 heavy (non-hydrogen) atoms. The van der Waals surface area contributed by atoms with Crippen molar-refractivity contribution in [1.29, 1.82) is 0 Å². The molecule has 12 heteroatoms. The number of hydrogen-bond acceptors (Lipinski definition) is 9. The van der Waals surface area contributed by atoms with Gasteiger partial charge in [0.1, 0.15) is 22.7 Å². The Balaban J connectivity index is 0.902. The van der Waals surface area contributed by atoms with Crippen molar-refractivity contribution >= 4 is 34.2 Å². The lowest BCUT2D eigenvalue weighted by Gasteiger charge is -2.43. The standard InChI is InChI=1S/C36H41N7O5/c1-47-29-21-30-33(31(22-29)48-2)35(45)39-34(37-30)25-5-9-26(10-6-25)41-14-11-27(12-15-41)42-19-17-40(18-20-42)23-24-3-7-28(8-4-24)43-16-13-32(44)38-36(43)46/h3-10,21-22,27H,11-20,23H2,1-2H3,(H,37,39,45)(H,38,44,46). The number of rotatable bonds is 8. The highest BCUT2D eigenvalue weighted by atomic mass is 16.5. The number of amides is 3. The number of benzene rings is 3. The maximum absolute atomic E-state index is 13.0. The second kappa shape index (κ2) is 13.7. The summed E-state index contributed by atoms with van der Waals surface area (Å²) in [4.78, 5) is 53.4. The molecule has 0 radical (unpaired) electrons. The molecule has 250 valence electrons. The fraction of sp³-hybridized carbons (Fsp3) is 0.389. The zero-order valence-corrected chi connectivity index (χ0v) is 27.4. The van der Waals surface area contributed by atoms with Gasteiger partial charge in [-0.3, -0.25) is 29.6 Å². The van der Waals surface area contributed by atoms with E-state index in [-0.39, 0.29) is 17.5 Å². The van der Waals surface area contributed by atoms with Crippen molar-refractivity contribution in [2.75, 3.05) is 69.8 Å². The van der Waals surface area contributed by atoms with Gasteiger partial charge in [-0.25, -0.2) is 9.78 Å². The first-order chi connectivity index (χ1) is 23.4. The third-order valence-corrected chi connectivity index (χ3v) is 9.80. The van der Waals surface area contributed by atoms with Crippen LogP contribution in [0.2, 0.25) is 0 Å². The number of imide groups is 1. The Morgan fingerprint density at radius 2 is 1.52 bits per heavy atom. The van der Waals surface area contributed by atoms with Crippen LogP contribution in [0.15, 0.2) is 65.5 Å². The molecule has 1 aromatic heterocycles. The maximum Gasteiger partial charge on any atom is 0.328 e. The van der Waals surface area contributed by atoms with Crippen LogP contribution in [0.4, 0.5) is 16.2 Å². The summed E-state index contributed by atoms with van der Waals surface area (Å²) >= 11 is 0. The first kappa shape index (κ1) is 31.6. The van der Waals surface area contributed by atoms with Gasteiger partial charge in [-0.05, 0) is 54.8 Å². The lowest BCUT2D eigenvalue weighted by molar-refractivity contribution is -0.120. The summed E-state index contributed by atoms with van der Waals surface area (Å²) in [5, 5.41) is 2.79. The van der Waals surface area contributed by atoms with Gasteiger partial charge in [0.05, 0.1) is 19.7 Å². The van der Waals surface area contributed by atoms with Crippen molar-refractivity contribution in [2.24, 2.45) is 0 Å². The first-order valence-corrected chi connectivity index (χ1v) is 16.6. The van der Waals surface area contributed by atoms with Crippen molar-refractivity contribution in [1.82, 2.24) is 25.1 Å². The van der Waals surface area contributed by atoms with Gasteiger partial charge in [-0.15, -0.1) is 0 Å². The largest absolute Gasteiger partial charge is 0.497 e. The van der Waals surface area contributed by atoms with E-state index in [0.717, 1.165) is 69.9 Å². The van der Waals surface area contributed by atoms with Crippen molar-refractivity contribution in [3.8, 4) is 22.9 Å². The van der Waals surface area contributed by atoms with Crippen LogP contribution in [-0.4, -0.2) is 97.8 Å². The number of piperazine rings is 1. The quantitative estimate of drug-likeness (QED) is 0.293. The predicted octanol–water partition coefficient (Wildman–Crippen LogP) is 3.84. The number of anilines is 2. The Labute approximate surface area is 279 Å². The van der Waals surface area contributed by atoms with E-state index < -0.39 is 0 Å². The van der Waals surface area contributed by atoms with E-state index in [1.54, 1.807) is 24.1 Å². The number of aromatic nitrogens is 2. The number of hydrogen-bond donors (Lipinski definition) is 2. The Morgan fingerprint density at radius 1 is 0.812 bits per heavy atom. The highest BCUT2D eigenvalue weighted by Crippen LogP contribution is 2.30. The molecule has 4 heterocycles. The number of piperidine rings is 1. The number of aromatic amines is 1. The van der Waals surface area contributed by atoms with E-state index in [9.17, 15) is 14.4 Å². The maximum atomic E-state index is 13.0. The normalized spacial score (nSPS) is 18.3. The molecule has 0 atom stereocenters. The van der Waals surface area contributed by atoms with E-state index in [0.29, 0.717) is 47.2 Å². The summed E-state index contributed by atoms with van der Waals surface area (Å²) in [6, 6.07) is 20.0. The van der Waals surface area contributed by atoms with Gasteiger partial charge < -0.3 is 19.4 Å². The number of urea groups is 1. The molecular weight excluding hydrogens is 610 g/mol. The van der Waals surface area contributed by atoms with Gasteiger partial charge in [0, 0.05) is 93.9 Å². The minimum Gasteiger partial charge on any atom is -0.497 e. The Kier molecular flexibility index (Phi) is 9.00. The fourth-order valence-corrected chi connectivity index (χ4v) is 7.08. The number of fused-ring (bicyclic) bond motifs is 1. The van der Waals surface area contributed by atoms with Crippen molar-refractivity contribution in [2.45, 2.75) is 31.8 Å². The van der Waals surface area contributed by atoms with Crippen LogP contribution in [0.3, 0.4) is 0 Å². The number of nitrogens with zero attached hydrogens (tertiary/aromatic N) is 5. The van der Waals surface area contributed by atoms with E-state index in [4.69, 9.17) is 14.5 Å². The minimum atomic E-state index is -0.351. The summed E-state index contributed by atoms with van der Waals surface area (Å²) in [6.07, 6.45) is 2.58.